The number of carbonyl (C=O) groups excluding carboxylic acids is 1. The van der Waals surface area contributed by atoms with Crippen LogP contribution < -0.4 is 0 Å². The van der Waals surface area contributed by atoms with Crippen LogP contribution in [0.2, 0.25) is 0 Å². The standard InChI is InChI=1S/C13H22O4S/c14-9-10-2-1-3-12(8-10)17-11-4-6-13(7-5-11)18(15)16/h9-13H,1-8H2,(H,15,16). The molecule has 5 heteroatoms. The number of rotatable bonds is 4. The fourth-order valence-electron chi connectivity index (χ4n) is 3.07. The van der Waals surface area contributed by atoms with E-state index < -0.39 is 11.1 Å². The van der Waals surface area contributed by atoms with Gasteiger partial charge in [-0.1, -0.05) is 6.42 Å². The van der Waals surface area contributed by atoms with Gasteiger partial charge in [0.15, 0.2) is 11.1 Å². The fraction of sp³-hybridized carbons (Fsp3) is 0.923. The molecular formula is C13H22O4S. The van der Waals surface area contributed by atoms with Gasteiger partial charge >= 0.3 is 0 Å². The average molecular weight is 274 g/mol. The maximum absolute atomic E-state index is 11.0. The molecule has 1 N–H and O–H groups in total. The normalized spacial score (nSPS) is 39.2. The molecule has 2 aliphatic rings. The first kappa shape index (κ1) is 14.2. The summed E-state index contributed by atoms with van der Waals surface area (Å²) < 4.78 is 26.1. The van der Waals surface area contributed by atoms with Crippen molar-refractivity contribution in [1.29, 1.82) is 0 Å². The Hall–Kier alpha value is -0.260. The summed E-state index contributed by atoms with van der Waals surface area (Å²) in [5.74, 6) is 0.171. The zero-order valence-corrected chi connectivity index (χ0v) is 11.4. The lowest BCUT2D eigenvalue weighted by molar-refractivity contribution is -0.115. The van der Waals surface area contributed by atoms with E-state index >= 15 is 0 Å². The summed E-state index contributed by atoms with van der Waals surface area (Å²) in [6, 6.07) is 0. The molecule has 2 fully saturated rings. The average Bonchev–Trinajstić information content (AvgIpc) is 2.39. The Morgan fingerprint density at radius 1 is 1.06 bits per heavy atom. The molecule has 2 saturated carbocycles. The molecule has 0 bridgehead atoms. The molecule has 0 heterocycles. The van der Waals surface area contributed by atoms with Gasteiger partial charge in [0.25, 0.3) is 0 Å². The zero-order chi connectivity index (χ0) is 13.0. The van der Waals surface area contributed by atoms with E-state index in [9.17, 15) is 9.00 Å². The summed E-state index contributed by atoms with van der Waals surface area (Å²) in [7, 11) is 0. The molecule has 0 aromatic heterocycles. The number of hydrogen-bond acceptors (Lipinski definition) is 3. The van der Waals surface area contributed by atoms with Gasteiger partial charge in [-0.25, -0.2) is 4.21 Å². The van der Waals surface area contributed by atoms with Crippen molar-refractivity contribution in [3.63, 3.8) is 0 Å². The van der Waals surface area contributed by atoms with Crippen LogP contribution in [0.4, 0.5) is 0 Å². The van der Waals surface area contributed by atoms with Crippen molar-refractivity contribution in [1.82, 2.24) is 0 Å². The monoisotopic (exact) mass is 274 g/mol. The minimum atomic E-state index is -1.68. The molecule has 4 nitrogen and oxygen atoms in total. The van der Waals surface area contributed by atoms with Gasteiger partial charge in [0.2, 0.25) is 0 Å². The van der Waals surface area contributed by atoms with Gasteiger partial charge in [-0.2, -0.15) is 0 Å². The summed E-state index contributed by atoms with van der Waals surface area (Å²) in [5, 5.41) is -0.0704. The second-order valence-electron chi connectivity index (χ2n) is 5.50. The molecule has 0 aliphatic heterocycles. The minimum Gasteiger partial charge on any atom is -0.375 e. The van der Waals surface area contributed by atoms with Crippen LogP contribution in [-0.4, -0.2) is 32.5 Å². The molecule has 3 atom stereocenters. The predicted molar refractivity (Wildman–Crippen MR) is 69.7 cm³/mol. The Morgan fingerprint density at radius 3 is 2.39 bits per heavy atom. The second-order valence-corrected chi connectivity index (χ2v) is 6.71. The van der Waals surface area contributed by atoms with Crippen LogP contribution in [0.1, 0.15) is 51.4 Å². The van der Waals surface area contributed by atoms with Crippen LogP contribution in [0.3, 0.4) is 0 Å². The van der Waals surface area contributed by atoms with E-state index in [0.717, 1.165) is 57.7 Å². The first-order chi connectivity index (χ1) is 8.69. The first-order valence-electron chi connectivity index (χ1n) is 6.89. The SMILES string of the molecule is O=CC1CCCC(OC2CCC(S(=O)O)CC2)C1. The van der Waals surface area contributed by atoms with Crippen LogP contribution in [0.15, 0.2) is 0 Å². The summed E-state index contributed by atoms with van der Waals surface area (Å²) >= 11 is -1.68. The summed E-state index contributed by atoms with van der Waals surface area (Å²) in [5.41, 5.74) is 0. The molecule has 2 aliphatic carbocycles. The van der Waals surface area contributed by atoms with Crippen LogP contribution in [0, 0.1) is 5.92 Å². The van der Waals surface area contributed by atoms with E-state index in [-0.39, 0.29) is 23.4 Å². The third-order valence-corrected chi connectivity index (χ3v) is 5.19. The summed E-state index contributed by atoms with van der Waals surface area (Å²) in [6.07, 6.45) is 8.78. The quantitative estimate of drug-likeness (QED) is 0.631. The molecule has 0 saturated heterocycles. The molecule has 0 amide bonds. The number of aldehydes is 1. The highest BCUT2D eigenvalue weighted by Crippen LogP contribution is 2.30. The van der Waals surface area contributed by atoms with Crippen molar-refractivity contribution in [2.45, 2.75) is 68.8 Å². The predicted octanol–water partition coefficient (Wildman–Crippen LogP) is 2.29. The molecule has 0 radical (unpaired) electrons. The van der Waals surface area contributed by atoms with Crippen LogP contribution in [0.25, 0.3) is 0 Å². The van der Waals surface area contributed by atoms with E-state index in [1.54, 1.807) is 0 Å². The lowest BCUT2D eigenvalue weighted by atomic mass is 9.87. The molecule has 3 unspecified atom stereocenters. The topological polar surface area (TPSA) is 63.6 Å². The second kappa shape index (κ2) is 6.78. The highest BCUT2D eigenvalue weighted by atomic mass is 32.2. The molecule has 2 rings (SSSR count). The summed E-state index contributed by atoms with van der Waals surface area (Å²) in [6.45, 7) is 0. The number of carbonyl (C=O) groups is 1. The van der Waals surface area contributed by atoms with Crippen molar-refractivity contribution in [3.8, 4) is 0 Å². The molecular weight excluding hydrogens is 252 g/mol. The number of hydrogen-bond donors (Lipinski definition) is 1. The largest absolute Gasteiger partial charge is 0.375 e. The minimum absolute atomic E-state index is 0.0704. The highest BCUT2D eigenvalue weighted by molar-refractivity contribution is 7.79. The summed E-state index contributed by atoms with van der Waals surface area (Å²) in [4.78, 5) is 10.8. The van der Waals surface area contributed by atoms with Gasteiger partial charge in [-0.05, 0) is 44.9 Å². The van der Waals surface area contributed by atoms with Crippen molar-refractivity contribution >= 4 is 17.4 Å². The maximum Gasteiger partial charge on any atom is 0.155 e. The van der Waals surface area contributed by atoms with Gasteiger partial charge in [-0.15, -0.1) is 0 Å². The Kier molecular flexibility index (Phi) is 5.33. The lowest BCUT2D eigenvalue weighted by Crippen LogP contribution is -2.32. The molecule has 104 valence electrons. The first-order valence-corrected chi connectivity index (χ1v) is 8.06. The van der Waals surface area contributed by atoms with Gasteiger partial charge in [0.05, 0.1) is 17.5 Å². The Bertz CT molecular complexity index is 299. The molecule has 18 heavy (non-hydrogen) atoms. The number of ether oxygens (including phenoxy) is 1. The smallest absolute Gasteiger partial charge is 0.155 e. The third kappa shape index (κ3) is 3.87. The fourth-order valence-corrected chi connectivity index (χ4v) is 3.75. The van der Waals surface area contributed by atoms with Crippen molar-refractivity contribution < 1.29 is 18.3 Å². The molecule has 0 aromatic rings. The van der Waals surface area contributed by atoms with Crippen molar-refractivity contribution in [2.75, 3.05) is 0 Å². The van der Waals surface area contributed by atoms with E-state index in [0.29, 0.717) is 0 Å². The van der Waals surface area contributed by atoms with E-state index in [2.05, 4.69) is 0 Å². The molecule has 0 aromatic carbocycles. The third-order valence-electron chi connectivity index (χ3n) is 4.15. The Morgan fingerprint density at radius 2 is 1.78 bits per heavy atom. The van der Waals surface area contributed by atoms with Crippen LogP contribution in [0.5, 0.6) is 0 Å². The van der Waals surface area contributed by atoms with Gasteiger partial charge in [-0.3, -0.25) is 0 Å². The van der Waals surface area contributed by atoms with E-state index in [1.807, 2.05) is 0 Å². The van der Waals surface area contributed by atoms with Crippen molar-refractivity contribution in [2.24, 2.45) is 5.92 Å². The van der Waals surface area contributed by atoms with E-state index in [4.69, 9.17) is 9.29 Å². The molecule has 0 spiro atoms. The van der Waals surface area contributed by atoms with Crippen LogP contribution in [-0.2, 0) is 20.6 Å². The van der Waals surface area contributed by atoms with Gasteiger partial charge in [0, 0.05) is 5.92 Å². The lowest BCUT2D eigenvalue weighted by Gasteiger charge is -2.33. The zero-order valence-electron chi connectivity index (χ0n) is 10.6. The Labute approximate surface area is 111 Å². The van der Waals surface area contributed by atoms with Gasteiger partial charge < -0.3 is 14.1 Å². The highest BCUT2D eigenvalue weighted by Gasteiger charge is 2.29. The van der Waals surface area contributed by atoms with Crippen molar-refractivity contribution in [3.05, 3.63) is 0 Å². The van der Waals surface area contributed by atoms with E-state index in [1.165, 1.54) is 0 Å². The Balaban J connectivity index is 1.74. The maximum atomic E-state index is 11.0. The van der Waals surface area contributed by atoms with Crippen LogP contribution >= 0.6 is 0 Å². The van der Waals surface area contributed by atoms with Gasteiger partial charge in [0.1, 0.15) is 6.29 Å².